The highest BCUT2D eigenvalue weighted by Gasteiger charge is 2.28. The zero-order chi connectivity index (χ0) is 15.4. The Morgan fingerprint density at radius 1 is 1.19 bits per heavy atom. The Labute approximate surface area is 129 Å². The third kappa shape index (κ3) is 2.98. The van der Waals surface area contributed by atoms with E-state index in [2.05, 4.69) is 15.9 Å². The van der Waals surface area contributed by atoms with Crippen LogP contribution in [-0.2, 0) is 0 Å². The van der Waals surface area contributed by atoms with E-state index in [1.165, 1.54) is 24.3 Å². The van der Waals surface area contributed by atoms with Gasteiger partial charge in [0, 0.05) is 10.5 Å². The molecule has 2 rings (SSSR count). The van der Waals surface area contributed by atoms with Crippen LogP contribution in [0.1, 0.15) is 21.8 Å². The van der Waals surface area contributed by atoms with Crippen molar-refractivity contribution in [2.24, 2.45) is 0 Å². The molecular weight excluding hydrogens is 336 g/mol. The minimum Gasteiger partial charge on any atom is -0.292 e. The first kappa shape index (κ1) is 14.9. The molecule has 1 unspecified atom stereocenters. The Bertz CT molecular complexity index is 753. The molecule has 2 aromatic carbocycles. The third-order valence-corrected chi connectivity index (χ3v) is 3.70. The average Bonchev–Trinajstić information content (AvgIpc) is 2.49. The van der Waals surface area contributed by atoms with Crippen LogP contribution in [0, 0.1) is 21.4 Å². The van der Waals surface area contributed by atoms with Gasteiger partial charge in [-0.2, -0.15) is 5.26 Å². The summed E-state index contributed by atoms with van der Waals surface area (Å²) < 4.78 is 0.614. The van der Waals surface area contributed by atoms with Crippen molar-refractivity contribution in [1.29, 1.82) is 5.26 Å². The monoisotopic (exact) mass is 344 g/mol. The Hall–Kier alpha value is -2.52. The molecule has 0 bridgehead atoms. The summed E-state index contributed by atoms with van der Waals surface area (Å²) in [5.74, 6) is -1.68. The van der Waals surface area contributed by atoms with Gasteiger partial charge in [0.05, 0.1) is 16.6 Å². The second kappa shape index (κ2) is 6.29. The van der Waals surface area contributed by atoms with Crippen LogP contribution in [0.3, 0.4) is 0 Å². The number of halogens is 1. The van der Waals surface area contributed by atoms with Crippen molar-refractivity contribution in [3.05, 3.63) is 74.2 Å². The normalized spacial score (nSPS) is 11.4. The van der Waals surface area contributed by atoms with Crippen molar-refractivity contribution < 1.29 is 9.72 Å². The highest BCUT2D eigenvalue weighted by molar-refractivity contribution is 9.10. The molecule has 21 heavy (non-hydrogen) atoms. The number of nitrogens with zero attached hydrogens (tertiary/aromatic N) is 2. The number of nitro benzene ring substituents is 1. The molecule has 5 nitrogen and oxygen atoms in total. The first-order chi connectivity index (χ1) is 10.1. The molecule has 0 saturated carbocycles. The average molecular weight is 345 g/mol. The molecule has 6 heteroatoms. The van der Waals surface area contributed by atoms with Crippen molar-refractivity contribution in [2.45, 2.75) is 5.92 Å². The molecule has 104 valence electrons. The number of rotatable bonds is 4. The van der Waals surface area contributed by atoms with E-state index in [1.54, 1.807) is 24.3 Å². The number of ketones is 1. The van der Waals surface area contributed by atoms with Gasteiger partial charge in [-0.3, -0.25) is 14.9 Å². The van der Waals surface area contributed by atoms with Gasteiger partial charge in [-0.15, -0.1) is 0 Å². The van der Waals surface area contributed by atoms with Gasteiger partial charge in [0.2, 0.25) is 0 Å². The fourth-order valence-corrected chi connectivity index (χ4v) is 2.49. The van der Waals surface area contributed by atoms with Crippen LogP contribution >= 0.6 is 15.9 Å². The van der Waals surface area contributed by atoms with Gasteiger partial charge in [0.25, 0.3) is 5.69 Å². The number of nitro groups is 1. The number of benzene rings is 2. The second-order valence-corrected chi connectivity index (χ2v) is 5.08. The summed E-state index contributed by atoms with van der Waals surface area (Å²) in [6.45, 7) is 0. The van der Waals surface area contributed by atoms with E-state index in [4.69, 9.17) is 0 Å². The van der Waals surface area contributed by atoms with Crippen LogP contribution in [0.25, 0.3) is 0 Å². The second-order valence-electron chi connectivity index (χ2n) is 4.22. The first-order valence-electron chi connectivity index (χ1n) is 5.98. The van der Waals surface area contributed by atoms with E-state index in [0.717, 1.165) is 0 Å². The van der Waals surface area contributed by atoms with Crippen LogP contribution in [0.4, 0.5) is 5.69 Å². The van der Waals surface area contributed by atoms with Gasteiger partial charge in [-0.05, 0) is 17.7 Å². The third-order valence-electron chi connectivity index (χ3n) is 2.97. The van der Waals surface area contributed by atoms with Crippen LogP contribution in [-0.4, -0.2) is 10.7 Å². The van der Waals surface area contributed by atoms with E-state index >= 15 is 0 Å². The quantitative estimate of drug-likeness (QED) is 0.479. The first-order valence-corrected chi connectivity index (χ1v) is 6.77. The summed E-state index contributed by atoms with van der Waals surface area (Å²) in [6, 6.07) is 14.4. The molecular formula is C15H9BrN2O3. The highest BCUT2D eigenvalue weighted by Crippen LogP contribution is 2.30. The summed E-state index contributed by atoms with van der Waals surface area (Å²) in [5.41, 5.74) is 0.128. The molecule has 0 N–H and O–H groups in total. The standard InChI is InChI=1S/C15H9BrN2O3/c16-13-7-3-1-5-10(13)12(9-17)15(19)11-6-2-4-8-14(11)18(20)21/h1-8,12H. The number of Topliss-reactive ketones (excluding diaryl/α,β-unsaturated/α-hetero) is 1. The predicted octanol–water partition coefficient (Wildman–Crippen LogP) is 3.85. The van der Waals surface area contributed by atoms with Crippen molar-refractivity contribution >= 4 is 27.4 Å². The number of hydrogen-bond donors (Lipinski definition) is 0. The maximum absolute atomic E-state index is 12.5. The van der Waals surface area contributed by atoms with Crippen LogP contribution in [0.2, 0.25) is 0 Å². The van der Waals surface area contributed by atoms with E-state index < -0.39 is 16.6 Å². The van der Waals surface area contributed by atoms with Crippen molar-refractivity contribution in [3.63, 3.8) is 0 Å². The molecule has 0 amide bonds. The molecule has 2 aromatic rings. The summed E-state index contributed by atoms with van der Waals surface area (Å²) >= 11 is 3.29. The largest absolute Gasteiger partial charge is 0.292 e. The van der Waals surface area contributed by atoms with Gasteiger partial charge in [0.15, 0.2) is 5.78 Å². The van der Waals surface area contributed by atoms with Gasteiger partial charge in [-0.1, -0.05) is 46.3 Å². The SMILES string of the molecule is N#CC(C(=O)c1ccccc1[N+](=O)[O-])c1ccccc1Br. The smallest absolute Gasteiger partial charge is 0.280 e. The molecule has 0 aliphatic carbocycles. The van der Waals surface area contributed by atoms with Gasteiger partial charge in [-0.25, -0.2) is 0 Å². The van der Waals surface area contributed by atoms with E-state index in [0.29, 0.717) is 10.0 Å². The van der Waals surface area contributed by atoms with E-state index in [-0.39, 0.29) is 11.3 Å². The molecule has 0 fully saturated rings. The minimum atomic E-state index is -1.10. The van der Waals surface area contributed by atoms with E-state index in [9.17, 15) is 20.2 Å². The summed E-state index contributed by atoms with van der Waals surface area (Å²) in [5, 5.41) is 20.3. The fourth-order valence-electron chi connectivity index (χ4n) is 1.98. The topological polar surface area (TPSA) is 84.0 Å². The number of nitriles is 1. The van der Waals surface area contributed by atoms with Gasteiger partial charge < -0.3 is 0 Å². The Kier molecular flexibility index (Phi) is 4.45. The van der Waals surface area contributed by atoms with Gasteiger partial charge in [0.1, 0.15) is 5.92 Å². The molecule has 1 atom stereocenters. The van der Waals surface area contributed by atoms with Crippen LogP contribution < -0.4 is 0 Å². The number of para-hydroxylation sites is 1. The number of hydrogen-bond acceptors (Lipinski definition) is 4. The van der Waals surface area contributed by atoms with E-state index in [1.807, 2.05) is 6.07 Å². The summed E-state index contributed by atoms with van der Waals surface area (Å²) in [7, 11) is 0. The maximum atomic E-state index is 12.5. The van der Waals surface area contributed by atoms with Crippen LogP contribution in [0.5, 0.6) is 0 Å². The van der Waals surface area contributed by atoms with Gasteiger partial charge >= 0.3 is 0 Å². The Morgan fingerprint density at radius 2 is 1.81 bits per heavy atom. The maximum Gasteiger partial charge on any atom is 0.280 e. The molecule has 0 spiro atoms. The lowest BCUT2D eigenvalue weighted by atomic mass is 9.91. The zero-order valence-electron chi connectivity index (χ0n) is 10.7. The van der Waals surface area contributed by atoms with Crippen LogP contribution in [0.15, 0.2) is 53.0 Å². The fraction of sp³-hybridized carbons (Fsp3) is 0.0667. The molecule has 0 radical (unpaired) electrons. The molecule has 0 aliphatic rings. The minimum absolute atomic E-state index is 0.0650. The van der Waals surface area contributed by atoms with Crippen molar-refractivity contribution in [1.82, 2.24) is 0 Å². The summed E-state index contributed by atoms with van der Waals surface area (Å²) in [4.78, 5) is 22.9. The molecule has 0 aliphatic heterocycles. The predicted molar refractivity (Wildman–Crippen MR) is 79.9 cm³/mol. The number of carbonyl (C=O) groups excluding carboxylic acids is 1. The lowest BCUT2D eigenvalue weighted by Gasteiger charge is -2.10. The zero-order valence-corrected chi connectivity index (χ0v) is 12.3. The lowest BCUT2D eigenvalue weighted by Crippen LogP contribution is -2.13. The highest BCUT2D eigenvalue weighted by atomic mass is 79.9. The molecule has 0 heterocycles. The molecule has 0 aromatic heterocycles. The lowest BCUT2D eigenvalue weighted by molar-refractivity contribution is -0.385. The summed E-state index contributed by atoms with van der Waals surface area (Å²) in [6.07, 6.45) is 0. The molecule has 0 saturated heterocycles. The van der Waals surface area contributed by atoms with Crippen molar-refractivity contribution in [3.8, 4) is 6.07 Å². The van der Waals surface area contributed by atoms with Crippen molar-refractivity contribution in [2.75, 3.05) is 0 Å². The Morgan fingerprint density at radius 3 is 2.43 bits per heavy atom. The number of carbonyl (C=O) groups is 1. The Balaban J connectivity index is 2.51.